The third-order valence-electron chi connectivity index (χ3n) is 5.15. The first-order valence-corrected chi connectivity index (χ1v) is 12.6. The molecule has 0 bridgehead atoms. The zero-order valence-corrected chi connectivity index (χ0v) is 19.8. The topological polar surface area (TPSA) is 76.4 Å². The highest BCUT2D eigenvalue weighted by atomic mass is 35.5. The third-order valence-corrected chi connectivity index (χ3v) is 7.06. The molecule has 1 heterocycles. The Labute approximate surface area is 192 Å². The van der Waals surface area contributed by atoms with Crippen LogP contribution in [0.5, 0.6) is 0 Å². The molecular formula is C23H25Cl2NO4S. The van der Waals surface area contributed by atoms with E-state index in [2.05, 4.69) is 11.6 Å². The predicted molar refractivity (Wildman–Crippen MR) is 126 cm³/mol. The smallest absolute Gasteiger partial charge is 0.264 e. The van der Waals surface area contributed by atoms with Crippen LogP contribution in [0.3, 0.4) is 0 Å². The van der Waals surface area contributed by atoms with Crippen molar-refractivity contribution < 1.29 is 17.6 Å². The lowest BCUT2D eigenvalue weighted by molar-refractivity contribution is 0.0981. The number of rotatable bonds is 9. The maximum Gasteiger partial charge on any atom is 0.264 e. The van der Waals surface area contributed by atoms with Crippen LogP contribution in [0.15, 0.2) is 40.8 Å². The minimum absolute atomic E-state index is 0.0634. The number of sulfonamides is 1. The van der Waals surface area contributed by atoms with E-state index in [1.54, 1.807) is 30.3 Å². The van der Waals surface area contributed by atoms with E-state index in [9.17, 15) is 13.2 Å². The fraction of sp³-hybridized carbons (Fsp3) is 0.348. The SMILES string of the molecule is CCCCCCS(=O)(=O)NC(=O)c1ccc2oc(C)c(Cc3ccc(Cl)cc3Cl)c2c1. The third kappa shape index (κ3) is 6.03. The van der Waals surface area contributed by atoms with Gasteiger partial charge in [0.25, 0.3) is 5.91 Å². The molecule has 3 aromatic rings. The number of fused-ring (bicyclic) bond motifs is 1. The van der Waals surface area contributed by atoms with E-state index >= 15 is 0 Å². The van der Waals surface area contributed by atoms with Crippen LogP contribution in [0.4, 0.5) is 0 Å². The number of hydrogen-bond acceptors (Lipinski definition) is 4. The molecule has 1 N–H and O–H groups in total. The van der Waals surface area contributed by atoms with Gasteiger partial charge in [0.05, 0.1) is 5.75 Å². The molecule has 3 rings (SSSR count). The Morgan fingerprint density at radius 2 is 1.84 bits per heavy atom. The van der Waals surface area contributed by atoms with Gasteiger partial charge in [0, 0.05) is 33.0 Å². The lowest BCUT2D eigenvalue weighted by Crippen LogP contribution is -2.32. The molecule has 2 aromatic carbocycles. The molecule has 0 unspecified atom stereocenters. The van der Waals surface area contributed by atoms with E-state index in [1.165, 1.54) is 0 Å². The van der Waals surface area contributed by atoms with Crippen LogP contribution >= 0.6 is 23.2 Å². The Kier molecular flexibility index (Phi) is 7.68. The monoisotopic (exact) mass is 481 g/mol. The first-order chi connectivity index (χ1) is 14.7. The van der Waals surface area contributed by atoms with Crippen LogP contribution in [-0.4, -0.2) is 20.1 Å². The van der Waals surface area contributed by atoms with Crippen molar-refractivity contribution >= 4 is 50.1 Å². The van der Waals surface area contributed by atoms with Gasteiger partial charge in [-0.3, -0.25) is 4.79 Å². The van der Waals surface area contributed by atoms with E-state index in [0.717, 1.165) is 35.8 Å². The number of unbranched alkanes of at least 4 members (excludes halogenated alkanes) is 3. The minimum atomic E-state index is -3.68. The summed E-state index contributed by atoms with van der Waals surface area (Å²) in [7, 11) is -3.68. The minimum Gasteiger partial charge on any atom is -0.461 e. The van der Waals surface area contributed by atoms with E-state index < -0.39 is 15.9 Å². The Hall–Kier alpha value is -2.02. The number of benzene rings is 2. The van der Waals surface area contributed by atoms with Gasteiger partial charge in [-0.2, -0.15) is 0 Å². The summed E-state index contributed by atoms with van der Waals surface area (Å²) in [6.07, 6.45) is 3.83. The summed E-state index contributed by atoms with van der Waals surface area (Å²) in [5, 5.41) is 1.85. The maximum atomic E-state index is 12.6. The Morgan fingerprint density at radius 1 is 1.06 bits per heavy atom. The lowest BCUT2D eigenvalue weighted by Gasteiger charge is -2.08. The standard InChI is InChI=1S/C23H25Cl2NO4S/c1-3-4-5-6-11-31(28,29)26-23(27)17-8-10-22-20(13-17)19(15(2)30-22)12-16-7-9-18(24)14-21(16)25/h7-10,13-14H,3-6,11-12H2,1-2H3,(H,26,27). The average Bonchev–Trinajstić information content (AvgIpc) is 3.01. The number of carbonyl (C=O) groups is 1. The quantitative estimate of drug-likeness (QED) is 0.364. The highest BCUT2D eigenvalue weighted by Crippen LogP contribution is 2.31. The van der Waals surface area contributed by atoms with Crippen molar-refractivity contribution in [3.05, 3.63) is 68.9 Å². The number of aryl methyl sites for hydroxylation is 1. The van der Waals surface area contributed by atoms with E-state index in [1.807, 2.05) is 13.0 Å². The van der Waals surface area contributed by atoms with Gasteiger partial charge >= 0.3 is 0 Å². The number of hydrogen-bond donors (Lipinski definition) is 1. The fourth-order valence-electron chi connectivity index (χ4n) is 3.46. The molecule has 1 amide bonds. The van der Waals surface area contributed by atoms with Gasteiger partial charge in [0.1, 0.15) is 11.3 Å². The maximum absolute atomic E-state index is 12.6. The molecule has 0 radical (unpaired) electrons. The molecule has 8 heteroatoms. The molecular weight excluding hydrogens is 457 g/mol. The molecule has 0 aliphatic carbocycles. The van der Waals surface area contributed by atoms with Crippen LogP contribution in [0.1, 0.15) is 59.9 Å². The number of nitrogens with one attached hydrogen (secondary N) is 1. The first kappa shape index (κ1) is 23.6. The second kappa shape index (κ2) is 10.1. The van der Waals surface area contributed by atoms with Gasteiger partial charge < -0.3 is 4.42 Å². The van der Waals surface area contributed by atoms with E-state index in [0.29, 0.717) is 34.2 Å². The summed E-state index contributed by atoms with van der Waals surface area (Å²) in [6.45, 7) is 3.90. The second-order valence-corrected chi connectivity index (χ2v) is 10.3. The van der Waals surface area contributed by atoms with Crippen molar-refractivity contribution in [1.29, 1.82) is 0 Å². The molecule has 166 valence electrons. The predicted octanol–water partition coefficient (Wildman–Crippen LogP) is 6.28. The van der Waals surface area contributed by atoms with Gasteiger partial charge in [-0.15, -0.1) is 0 Å². The number of halogens is 2. The van der Waals surface area contributed by atoms with Gasteiger partial charge in [-0.25, -0.2) is 13.1 Å². The summed E-state index contributed by atoms with van der Waals surface area (Å²) in [6, 6.07) is 10.2. The van der Waals surface area contributed by atoms with Gasteiger partial charge in [0.15, 0.2) is 0 Å². The first-order valence-electron chi connectivity index (χ1n) is 10.2. The Bertz CT molecular complexity index is 1200. The molecule has 0 saturated carbocycles. The molecule has 5 nitrogen and oxygen atoms in total. The zero-order valence-electron chi connectivity index (χ0n) is 17.5. The molecule has 0 fully saturated rings. The van der Waals surface area contributed by atoms with Crippen molar-refractivity contribution in [2.24, 2.45) is 0 Å². The van der Waals surface area contributed by atoms with E-state index in [-0.39, 0.29) is 11.3 Å². The molecule has 0 atom stereocenters. The highest BCUT2D eigenvalue weighted by Gasteiger charge is 2.19. The molecule has 0 aliphatic heterocycles. The van der Waals surface area contributed by atoms with Crippen molar-refractivity contribution in [3.8, 4) is 0 Å². The number of furan rings is 1. The normalized spacial score (nSPS) is 11.7. The van der Waals surface area contributed by atoms with Crippen LogP contribution in [0, 0.1) is 6.92 Å². The van der Waals surface area contributed by atoms with Crippen LogP contribution in [0.25, 0.3) is 11.0 Å². The zero-order chi connectivity index (χ0) is 22.6. The van der Waals surface area contributed by atoms with Crippen molar-refractivity contribution in [1.82, 2.24) is 4.72 Å². The van der Waals surface area contributed by atoms with Crippen molar-refractivity contribution in [2.75, 3.05) is 5.75 Å². The van der Waals surface area contributed by atoms with Gasteiger partial charge in [-0.1, -0.05) is 55.5 Å². The molecule has 0 saturated heterocycles. The molecule has 31 heavy (non-hydrogen) atoms. The van der Waals surface area contributed by atoms with Crippen molar-refractivity contribution in [3.63, 3.8) is 0 Å². The molecule has 0 aliphatic rings. The Morgan fingerprint density at radius 3 is 2.55 bits per heavy atom. The number of carbonyl (C=O) groups excluding carboxylic acids is 1. The summed E-state index contributed by atoms with van der Waals surface area (Å²) in [5.41, 5.74) is 2.64. The lowest BCUT2D eigenvalue weighted by atomic mass is 10.0. The summed E-state index contributed by atoms with van der Waals surface area (Å²) in [5.74, 6) is 0.000367. The summed E-state index contributed by atoms with van der Waals surface area (Å²) < 4.78 is 32.5. The summed E-state index contributed by atoms with van der Waals surface area (Å²) in [4.78, 5) is 12.6. The van der Waals surface area contributed by atoms with E-state index in [4.69, 9.17) is 27.6 Å². The van der Waals surface area contributed by atoms with Crippen molar-refractivity contribution in [2.45, 2.75) is 46.0 Å². The number of amides is 1. The van der Waals surface area contributed by atoms with Gasteiger partial charge in [-0.05, 0) is 49.2 Å². The van der Waals surface area contributed by atoms with Gasteiger partial charge in [0.2, 0.25) is 10.0 Å². The largest absolute Gasteiger partial charge is 0.461 e. The second-order valence-electron chi connectivity index (χ2n) is 7.57. The van der Waals surface area contributed by atoms with Crippen LogP contribution < -0.4 is 4.72 Å². The average molecular weight is 482 g/mol. The Balaban J connectivity index is 1.83. The molecule has 0 spiro atoms. The van der Waals surface area contributed by atoms with Crippen LogP contribution in [0.2, 0.25) is 10.0 Å². The van der Waals surface area contributed by atoms with Crippen LogP contribution in [-0.2, 0) is 16.4 Å². The summed E-state index contributed by atoms with van der Waals surface area (Å²) >= 11 is 12.3. The highest BCUT2D eigenvalue weighted by molar-refractivity contribution is 7.90. The fourth-order valence-corrected chi connectivity index (χ4v) is 5.02. The molecule has 1 aromatic heterocycles.